The van der Waals surface area contributed by atoms with Crippen molar-refractivity contribution in [3.05, 3.63) is 57.1 Å². The number of carbonyl (C=O) groups excluding carboxylic acids is 1. The van der Waals surface area contributed by atoms with Crippen molar-refractivity contribution >= 4 is 34.4 Å². The van der Waals surface area contributed by atoms with Crippen molar-refractivity contribution in [1.82, 2.24) is 19.9 Å². The highest BCUT2D eigenvalue weighted by atomic mass is 35.5. The quantitative estimate of drug-likeness (QED) is 0.398. The van der Waals surface area contributed by atoms with Crippen molar-refractivity contribution in [2.24, 2.45) is 0 Å². The Bertz CT molecular complexity index is 1430. The van der Waals surface area contributed by atoms with E-state index in [2.05, 4.69) is 20.6 Å². The number of anilines is 1. The first-order valence-electron chi connectivity index (χ1n) is 13.0. The second-order valence-electron chi connectivity index (χ2n) is 10.5. The number of fused-ring (bicyclic) bond motifs is 5. The van der Waals surface area contributed by atoms with E-state index in [1.165, 1.54) is 6.07 Å². The van der Waals surface area contributed by atoms with Crippen LogP contribution in [0, 0.1) is 0 Å². The van der Waals surface area contributed by atoms with E-state index >= 15 is 0 Å². The van der Waals surface area contributed by atoms with Crippen LogP contribution in [0.2, 0.25) is 5.02 Å². The smallest absolute Gasteiger partial charge is 0.263 e. The highest BCUT2D eigenvalue weighted by molar-refractivity contribution is 6.32. The average Bonchev–Trinajstić information content (AvgIpc) is 2.94. The number of amides is 1. The van der Waals surface area contributed by atoms with Crippen molar-refractivity contribution in [3.63, 3.8) is 0 Å². The minimum atomic E-state index is -0.231. The van der Waals surface area contributed by atoms with E-state index in [0.717, 1.165) is 43.4 Å². The third kappa shape index (κ3) is 4.66. The lowest BCUT2D eigenvalue weighted by Crippen LogP contribution is -2.61. The molecule has 0 unspecified atom stereocenters. The van der Waals surface area contributed by atoms with Gasteiger partial charge in [-0.3, -0.25) is 14.6 Å². The van der Waals surface area contributed by atoms with Crippen LogP contribution in [0.3, 0.4) is 0 Å². The first kappa shape index (κ1) is 25.2. The monoisotopic (exact) mass is 539 g/mol. The number of nitrogens with zero attached hydrogens (tertiary/aromatic N) is 3. The zero-order valence-electron chi connectivity index (χ0n) is 21.0. The molecule has 6 heterocycles. The number of hydrogen-bond acceptors (Lipinski definition) is 8. The molecule has 3 fully saturated rings. The predicted molar refractivity (Wildman–Crippen MR) is 142 cm³/mol. The number of aryl methyl sites for hydroxylation is 1. The van der Waals surface area contributed by atoms with Crippen molar-refractivity contribution in [3.8, 4) is 5.75 Å². The minimum absolute atomic E-state index is 0.0143. The minimum Gasteiger partial charge on any atom is -0.480 e. The van der Waals surface area contributed by atoms with Crippen molar-refractivity contribution in [2.75, 3.05) is 25.1 Å². The Kier molecular flexibility index (Phi) is 6.59. The molecule has 3 aromatic rings. The third-order valence-corrected chi connectivity index (χ3v) is 8.48. The summed E-state index contributed by atoms with van der Waals surface area (Å²) in [5.74, 6) is 0.855. The number of ether oxygens (including phenoxy) is 2. The van der Waals surface area contributed by atoms with Gasteiger partial charge in [-0.2, -0.15) is 0 Å². The van der Waals surface area contributed by atoms with Crippen LogP contribution in [0.15, 0.2) is 35.3 Å². The van der Waals surface area contributed by atoms with E-state index < -0.39 is 0 Å². The van der Waals surface area contributed by atoms with Crippen LogP contribution >= 0.6 is 11.6 Å². The van der Waals surface area contributed by atoms with Gasteiger partial charge in [0.15, 0.2) is 18.2 Å². The second kappa shape index (κ2) is 9.92. The molecule has 3 N–H and O–H groups in total. The summed E-state index contributed by atoms with van der Waals surface area (Å²) in [4.78, 5) is 33.1. The lowest BCUT2D eigenvalue weighted by atomic mass is 9.69. The van der Waals surface area contributed by atoms with Gasteiger partial charge in [0.25, 0.3) is 11.5 Å². The zero-order valence-corrected chi connectivity index (χ0v) is 21.7. The summed E-state index contributed by atoms with van der Waals surface area (Å²) in [5.41, 5.74) is 2.56. The summed E-state index contributed by atoms with van der Waals surface area (Å²) >= 11 is 6.59. The predicted octanol–water partition coefficient (Wildman–Crippen LogP) is 2.57. The Morgan fingerprint density at radius 2 is 2.00 bits per heavy atom. The molecule has 1 aliphatic carbocycles. The van der Waals surface area contributed by atoms with Crippen LogP contribution in [-0.2, 0) is 29.0 Å². The van der Waals surface area contributed by atoms with Gasteiger partial charge >= 0.3 is 0 Å². The molecule has 3 aromatic heterocycles. The largest absolute Gasteiger partial charge is 0.480 e. The van der Waals surface area contributed by atoms with Crippen LogP contribution in [0.1, 0.15) is 43.4 Å². The number of rotatable bonds is 8. The molecule has 3 aliphatic heterocycles. The van der Waals surface area contributed by atoms with Gasteiger partial charge in [0.2, 0.25) is 0 Å². The maximum atomic E-state index is 12.5. The molecule has 11 heteroatoms. The van der Waals surface area contributed by atoms with Gasteiger partial charge in [-0.05, 0) is 62.3 Å². The molecule has 1 amide bonds. The van der Waals surface area contributed by atoms with Gasteiger partial charge in [0.05, 0.1) is 40.6 Å². The summed E-state index contributed by atoms with van der Waals surface area (Å²) in [6.45, 7) is 1.24. The first-order valence-corrected chi connectivity index (χ1v) is 13.4. The summed E-state index contributed by atoms with van der Waals surface area (Å²) in [6, 6.07) is 6.94. The second-order valence-corrected chi connectivity index (χ2v) is 10.9. The molecule has 4 aliphatic rings. The van der Waals surface area contributed by atoms with Crippen LogP contribution < -0.4 is 20.9 Å². The lowest BCUT2D eigenvalue weighted by Gasteiger charge is -2.53. The molecular weight excluding hydrogens is 510 g/mol. The molecule has 7 rings (SSSR count). The van der Waals surface area contributed by atoms with E-state index in [1.54, 1.807) is 16.8 Å². The number of aliphatic hydroxyl groups excluding tert-OH is 1. The number of aliphatic hydroxyl groups is 1. The van der Waals surface area contributed by atoms with Gasteiger partial charge in [0.1, 0.15) is 0 Å². The molecular formula is C27H30ClN5O5. The maximum absolute atomic E-state index is 12.5. The molecule has 0 atom stereocenters. The van der Waals surface area contributed by atoms with Gasteiger partial charge in [-0.25, -0.2) is 4.98 Å². The number of nitrogens with one attached hydrogen (secondary N) is 2. The Hall–Kier alpha value is -3.05. The fourth-order valence-electron chi connectivity index (χ4n) is 5.91. The highest BCUT2D eigenvalue weighted by Gasteiger charge is 2.49. The standard InChI is InChI=1S/C27H30ClN5O5/c28-19-14-29-20-2-4-23(36)33(11-12-34)24(20)18(19)5-6-27-9-7-26(8-10-27,16-38-27)30-13-17-1-3-21-25(31-17)32-22(35)15-37-21/h1-4,14,30,34H,5-13,15-16H2,(H,31,32,35). The van der Waals surface area contributed by atoms with Crippen LogP contribution in [0.5, 0.6) is 5.75 Å². The Morgan fingerprint density at radius 1 is 1.16 bits per heavy atom. The van der Waals surface area contributed by atoms with Crippen LogP contribution in [-0.4, -0.2) is 56.5 Å². The molecule has 2 saturated heterocycles. The normalized spacial score (nSPS) is 24.2. The molecule has 0 spiro atoms. The van der Waals surface area contributed by atoms with Gasteiger partial charge in [0, 0.05) is 30.9 Å². The number of aromatic nitrogens is 3. The summed E-state index contributed by atoms with van der Waals surface area (Å²) in [5, 5.41) is 16.5. The van der Waals surface area contributed by atoms with Crippen molar-refractivity contribution < 1.29 is 19.4 Å². The van der Waals surface area contributed by atoms with Crippen LogP contribution in [0.25, 0.3) is 11.0 Å². The molecule has 38 heavy (non-hydrogen) atoms. The van der Waals surface area contributed by atoms with E-state index in [9.17, 15) is 14.7 Å². The molecule has 1 saturated carbocycles. The van der Waals surface area contributed by atoms with Gasteiger partial charge in [-0.1, -0.05) is 11.6 Å². The fraction of sp³-hybridized carbons (Fsp3) is 0.481. The molecule has 0 radical (unpaired) electrons. The lowest BCUT2D eigenvalue weighted by molar-refractivity contribution is -0.165. The number of carbonyl (C=O) groups is 1. The molecule has 200 valence electrons. The maximum Gasteiger partial charge on any atom is 0.263 e. The molecule has 2 bridgehead atoms. The summed E-state index contributed by atoms with van der Waals surface area (Å²) < 4.78 is 13.5. The topological polar surface area (TPSA) is 128 Å². The van der Waals surface area contributed by atoms with Gasteiger partial charge in [-0.15, -0.1) is 0 Å². The number of halogens is 1. The summed E-state index contributed by atoms with van der Waals surface area (Å²) in [6.07, 6.45) is 6.89. The summed E-state index contributed by atoms with van der Waals surface area (Å²) in [7, 11) is 0. The zero-order chi connectivity index (χ0) is 26.3. The number of hydrogen-bond donors (Lipinski definition) is 3. The Morgan fingerprint density at radius 3 is 2.76 bits per heavy atom. The Labute approximate surface area is 224 Å². The Balaban J connectivity index is 1.13. The highest BCUT2D eigenvalue weighted by Crippen LogP contribution is 2.46. The molecule has 0 aromatic carbocycles. The van der Waals surface area contributed by atoms with Crippen molar-refractivity contribution in [1.29, 1.82) is 0 Å². The van der Waals surface area contributed by atoms with E-state index in [-0.39, 0.29) is 42.4 Å². The van der Waals surface area contributed by atoms with Crippen molar-refractivity contribution in [2.45, 2.75) is 62.8 Å². The van der Waals surface area contributed by atoms with Gasteiger partial charge < -0.3 is 29.8 Å². The third-order valence-electron chi connectivity index (χ3n) is 8.16. The first-order chi connectivity index (χ1) is 18.4. The van der Waals surface area contributed by atoms with E-state index in [4.69, 9.17) is 21.1 Å². The molecule has 10 nitrogen and oxygen atoms in total. The van der Waals surface area contributed by atoms with E-state index in [0.29, 0.717) is 47.2 Å². The SMILES string of the molecule is O=C1COc2ccc(CNC34CCC(CCc5c(Cl)cnc6ccc(=O)n(CCO)c56)(CC3)OC4)nc2N1. The average molecular weight is 540 g/mol. The van der Waals surface area contributed by atoms with E-state index in [1.807, 2.05) is 12.1 Å². The van der Waals surface area contributed by atoms with Crippen LogP contribution in [0.4, 0.5) is 5.82 Å². The fourth-order valence-corrected chi connectivity index (χ4v) is 6.15. The number of pyridine rings is 3.